The number of piperazine rings is 1. The zero-order valence-electron chi connectivity index (χ0n) is 25.8. The quantitative estimate of drug-likeness (QED) is 0.275. The molecule has 2 aliphatic heterocycles. The molecule has 240 valence electrons. The van der Waals surface area contributed by atoms with Gasteiger partial charge in [0.05, 0.1) is 6.54 Å². The fourth-order valence-corrected chi connectivity index (χ4v) is 5.95. The highest BCUT2D eigenvalue weighted by Gasteiger charge is 2.36. The Balaban J connectivity index is 1.33. The first-order chi connectivity index (χ1) is 22.2. The van der Waals surface area contributed by atoms with Crippen molar-refractivity contribution >= 4 is 46.7 Å². The number of nitrogens with zero attached hydrogens (tertiary/aromatic N) is 2. The van der Waals surface area contributed by atoms with Crippen LogP contribution in [-0.2, 0) is 32.1 Å². The summed E-state index contributed by atoms with van der Waals surface area (Å²) in [6.45, 7) is 3.81. The number of amides is 4. The Bertz CT molecular complexity index is 1610. The van der Waals surface area contributed by atoms with Gasteiger partial charge in [-0.25, -0.2) is 0 Å². The van der Waals surface area contributed by atoms with E-state index in [9.17, 15) is 24.0 Å². The van der Waals surface area contributed by atoms with Crippen LogP contribution in [0.2, 0.25) is 5.02 Å². The van der Waals surface area contributed by atoms with Crippen LogP contribution in [0.4, 0.5) is 5.69 Å². The van der Waals surface area contributed by atoms with Crippen molar-refractivity contribution in [2.75, 3.05) is 31.5 Å². The Kier molecular flexibility index (Phi) is 10.8. The molecule has 2 atom stereocenters. The van der Waals surface area contributed by atoms with Gasteiger partial charge in [0.1, 0.15) is 12.1 Å². The molecule has 4 amide bonds. The number of hydrogen-bond donors (Lipinski definition) is 3. The number of carbonyl (C=O) groups is 5. The minimum absolute atomic E-state index is 0.0181. The van der Waals surface area contributed by atoms with Crippen LogP contribution in [0.25, 0.3) is 0 Å². The van der Waals surface area contributed by atoms with Crippen molar-refractivity contribution in [3.8, 4) is 0 Å². The Morgan fingerprint density at radius 2 is 1.70 bits per heavy atom. The SMILES string of the molecule is Cc1cc(NC(=O)[C@H](CCN2CCNC(=O)C2)NC(=O)[C@@H]2Cc3ccccc3CN2C(=O)CCC(=O)c2ccccc2)ccc1Cl. The van der Waals surface area contributed by atoms with E-state index in [0.717, 1.165) is 16.7 Å². The number of ketones is 1. The van der Waals surface area contributed by atoms with E-state index in [1.807, 2.05) is 42.2 Å². The van der Waals surface area contributed by atoms with Crippen molar-refractivity contribution in [3.05, 3.63) is 100 Å². The Labute approximate surface area is 273 Å². The second kappa shape index (κ2) is 15.2. The predicted molar refractivity (Wildman–Crippen MR) is 175 cm³/mol. The summed E-state index contributed by atoms with van der Waals surface area (Å²) in [4.78, 5) is 69.4. The van der Waals surface area contributed by atoms with E-state index in [2.05, 4.69) is 16.0 Å². The zero-order chi connectivity index (χ0) is 32.6. The van der Waals surface area contributed by atoms with E-state index in [1.165, 1.54) is 4.90 Å². The number of halogens is 1. The second-order valence-corrected chi connectivity index (χ2v) is 12.1. The summed E-state index contributed by atoms with van der Waals surface area (Å²) in [6.07, 6.45) is 0.498. The van der Waals surface area contributed by atoms with Gasteiger partial charge >= 0.3 is 0 Å². The van der Waals surface area contributed by atoms with Crippen molar-refractivity contribution in [3.63, 3.8) is 0 Å². The van der Waals surface area contributed by atoms with Gasteiger partial charge in [-0.05, 0) is 48.2 Å². The van der Waals surface area contributed by atoms with Gasteiger partial charge in [-0.2, -0.15) is 0 Å². The number of hydrogen-bond acceptors (Lipinski definition) is 6. The third kappa shape index (κ3) is 8.38. The largest absolute Gasteiger partial charge is 0.354 e. The first-order valence-electron chi connectivity index (χ1n) is 15.5. The van der Waals surface area contributed by atoms with Gasteiger partial charge in [-0.3, -0.25) is 28.9 Å². The molecule has 3 aromatic rings. The maximum absolute atomic E-state index is 14.0. The summed E-state index contributed by atoms with van der Waals surface area (Å²) in [5, 5.41) is 9.17. The van der Waals surface area contributed by atoms with Gasteiger partial charge in [-0.1, -0.05) is 66.2 Å². The molecule has 5 rings (SSSR count). The molecular weight excluding hydrogens is 606 g/mol. The minimum atomic E-state index is -0.942. The highest BCUT2D eigenvalue weighted by atomic mass is 35.5. The molecule has 0 saturated carbocycles. The fraction of sp³-hybridized carbons (Fsp3) is 0.343. The average Bonchev–Trinajstić information content (AvgIpc) is 3.06. The molecule has 0 aromatic heterocycles. The van der Waals surface area contributed by atoms with Crippen LogP contribution < -0.4 is 16.0 Å². The summed E-state index contributed by atoms with van der Waals surface area (Å²) in [7, 11) is 0. The predicted octanol–water partition coefficient (Wildman–Crippen LogP) is 3.51. The number of aryl methyl sites for hydroxylation is 1. The molecule has 1 fully saturated rings. The van der Waals surface area contributed by atoms with Gasteiger partial charge in [0.15, 0.2) is 5.78 Å². The van der Waals surface area contributed by atoms with Crippen LogP contribution in [0.5, 0.6) is 0 Å². The van der Waals surface area contributed by atoms with Crippen molar-refractivity contribution in [1.82, 2.24) is 20.4 Å². The lowest BCUT2D eigenvalue weighted by molar-refractivity contribution is -0.142. The third-order valence-corrected chi connectivity index (χ3v) is 8.87. The summed E-state index contributed by atoms with van der Waals surface area (Å²) < 4.78 is 0. The van der Waals surface area contributed by atoms with E-state index in [-0.39, 0.29) is 56.4 Å². The fourth-order valence-electron chi connectivity index (χ4n) is 5.83. The van der Waals surface area contributed by atoms with Crippen molar-refractivity contribution in [1.29, 1.82) is 0 Å². The summed E-state index contributed by atoms with van der Waals surface area (Å²) in [5.41, 5.74) is 3.74. The summed E-state index contributed by atoms with van der Waals surface area (Å²) in [5.74, 6) is -1.42. The molecule has 3 aromatic carbocycles. The van der Waals surface area contributed by atoms with Gasteiger partial charge in [0.2, 0.25) is 23.6 Å². The monoisotopic (exact) mass is 643 g/mol. The van der Waals surface area contributed by atoms with E-state index < -0.39 is 23.9 Å². The standard InChI is InChI=1S/C35H38ClN5O5/c1-23-19-27(11-12-28(23)36)38-34(45)29(15-17-40-18-16-37-32(43)22-40)39-35(46)30-20-25-9-5-6-10-26(25)21-41(30)33(44)14-13-31(42)24-7-3-2-4-8-24/h2-12,19,29-30H,13-18,20-22H2,1H3,(H,37,43)(H,38,45)(H,39,46)/t29-,30-/m0/s1. The molecular formula is C35H38ClN5O5. The molecule has 46 heavy (non-hydrogen) atoms. The number of fused-ring (bicyclic) bond motifs is 1. The normalized spacial score (nSPS) is 17.0. The second-order valence-electron chi connectivity index (χ2n) is 11.7. The number of anilines is 1. The first kappa shape index (κ1) is 32.8. The van der Waals surface area contributed by atoms with Gasteiger partial charge in [0, 0.05) is 61.7 Å². The minimum Gasteiger partial charge on any atom is -0.354 e. The summed E-state index contributed by atoms with van der Waals surface area (Å²) in [6, 6.07) is 19.8. The molecule has 11 heteroatoms. The maximum Gasteiger partial charge on any atom is 0.246 e. The lowest BCUT2D eigenvalue weighted by Gasteiger charge is -2.37. The molecule has 0 bridgehead atoms. The average molecular weight is 644 g/mol. The number of benzene rings is 3. The van der Waals surface area contributed by atoms with E-state index in [1.54, 1.807) is 42.5 Å². The van der Waals surface area contributed by atoms with Crippen LogP contribution in [0.3, 0.4) is 0 Å². The van der Waals surface area contributed by atoms with Crippen LogP contribution in [-0.4, -0.2) is 77.5 Å². The van der Waals surface area contributed by atoms with E-state index >= 15 is 0 Å². The van der Waals surface area contributed by atoms with Crippen LogP contribution in [0.15, 0.2) is 72.8 Å². The maximum atomic E-state index is 14.0. The highest BCUT2D eigenvalue weighted by Crippen LogP contribution is 2.25. The van der Waals surface area contributed by atoms with Crippen LogP contribution in [0.1, 0.15) is 46.3 Å². The molecule has 2 heterocycles. The lowest BCUT2D eigenvalue weighted by Crippen LogP contribution is -2.57. The molecule has 0 radical (unpaired) electrons. The first-order valence-corrected chi connectivity index (χ1v) is 15.9. The Hall–Kier alpha value is -4.54. The van der Waals surface area contributed by atoms with Gasteiger partial charge in [0.25, 0.3) is 0 Å². The molecule has 1 saturated heterocycles. The van der Waals surface area contributed by atoms with E-state index in [0.29, 0.717) is 35.9 Å². The van der Waals surface area contributed by atoms with Crippen molar-refractivity contribution < 1.29 is 24.0 Å². The topological polar surface area (TPSA) is 128 Å². The van der Waals surface area contributed by atoms with Gasteiger partial charge in [-0.15, -0.1) is 0 Å². The Morgan fingerprint density at radius 1 is 0.957 bits per heavy atom. The van der Waals surface area contributed by atoms with Crippen LogP contribution in [0, 0.1) is 6.92 Å². The molecule has 0 unspecified atom stereocenters. The summed E-state index contributed by atoms with van der Waals surface area (Å²) >= 11 is 6.17. The highest BCUT2D eigenvalue weighted by molar-refractivity contribution is 6.31. The smallest absolute Gasteiger partial charge is 0.246 e. The zero-order valence-corrected chi connectivity index (χ0v) is 26.5. The lowest BCUT2D eigenvalue weighted by atomic mass is 9.92. The number of carbonyl (C=O) groups excluding carboxylic acids is 5. The number of nitrogens with one attached hydrogen (secondary N) is 3. The van der Waals surface area contributed by atoms with Gasteiger partial charge < -0.3 is 20.9 Å². The third-order valence-electron chi connectivity index (χ3n) is 8.44. The number of rotatable bonds is 11. The van der Waals surface area contributed by atoms with E-state index in [4.69, 9.17) is 11.6 Å². The van der Waals surface area contributed by atoms with Crippen LogP contribution >= 0.6 is 11.6 Å². The molecule has 0 aliphatic carbocycles. The molecule has 3 N–H and O–H groups in total. The molecule has 10 nitrogen and oxygen atoms in total. The van der Waals surface area contributed by atoms with Crippen molar-refractivity contribution in [2.24, 2.45) is 0 Å². The van der Waals surface area contributed by atoms with Crippen molar-refractivity contribution in [2.45, 2.75) is 51.2 Å². The number of Topliss-reactive ketones (excluding diaryl/α,β-unsaturated/α-hetero) is 1. The Morgan fingerprint density at radius 3 is 2.43 bits per heavy atom. The molecule has 0 spiro atoms. The molecule has 2 aliphatic rings.